The molecule has 112 valence electrons. The quantitative estimate of drug-likeness (QED) is 0.241. The summed E-state index contributed by atoms with van der Waals surface area (Å²) in [7, 11) is 0. The minimum atomic E-state index is -0.665. The summed E-state index contributed by atoms with van der Waals surface area (Å²) in [6.45, 7) is 18.4. The molecule has 0 atom stereocenters. The number of hydrogen-bond donors (Lipinski definition) is 4. The summed E-state index contributed by atoms with van der Waals surface area (Å²) >= 11 is 0. The lowest BCUT2D eigenvalue weighted by atomic mass is 10.2. The lowest BCUT2D eigenvalue weighted by Crippen LogP contribution is -2.71. The van der Waals surface area contributed by atoms with Crippen molar-refractivity contribution >= 4 is 5.91 Å². The van der Waals surface area contributed by atoms with Crippen molar-refractivity contribution in [2.75, 3.05) is 26.2 Å². The van der Waals surface area contributed by atoms with Gasteiger partial charge in [0.1, 0.15) is 5.79 Å². The average molecular weight is 278 g/mol. The predicted molar refractivity (Wildman–Crippen MR) is 85.2 cm³/mol. The van der Waals surface area contributed by atoms with Crippen molar-refractivity contribution in [3.63, 3.8) is 0 Å². The van der Waals surface area contributed by atoms with Crippen LogP contribution in [-0.4, -0.2) is 37.9 Å². The van der Waals surface area contributed by atoms with Gasteiger partial charge in [-0.25, -0.2) is 0 Å². The molecule has 0 aliphatic rings. The van der Waals surface area contributed by atoms with E-state index in [4.69, 9.17) is 0 Å². The van der Waals surface area contributed by atoms with Crippen LogP contribution in [0.2, 0.25) is 0 Å². The molecular formula is C15H26N4O. The normalized spacial score (nSPS) is 10.7. The van der Waals surface area contributed by atoms with Crippen LogP contribution >= 0.6 is 0 Å². The van der Waals surface area contributed by atoms with Gasteiger partial charge >= 0.3 is 0 Å². The van der Waals surface area contributed by atoms with Gasteiger partial charge in [0.05, 0.1) is 6.54 Å². The van der Waals surface area contributed by atoms with Crippen LogP contribution in [0.4, 0.5) is 0 Å². The van der Waals surface area contributed by atoms with E-state index in [0.29, 0.717) is 31.8 Å². The zero-order valence-corrected chi connectivity index (χ0v) is 12.3. The van der Waals surface area contributed by atoms with E-state index in [1.807, 2.05) is 0 Å². The molecule has 5 nitrogen and oxygen atoms in total. The molecule has 0 unspecified atom stereocenters. The Bertz CT molecular complexity index is 332. The van der Waals surface area contributed by atoms with E-state index in [0.717, 1.165) is 0 Å². The van der Waals surface area contributed by atoms with Crippen molar-refractivity contribution in [1.82, 2.24) is 21.3 Å². The molecule has 0 saturated carbocycles. The van der Waals surface area contributed by atoms with E-state index >= 15 is 0 Å². The fourth-order valence-electron chi connectivity index (χ4n) is 1.48. The van der Waals surface area contributed by atoms with Crippen molar-refractivity contribution in [2.45, 2.75) is 12.7 Å². The zero-order chi connectivity index (χ0) is 15.4. The third kappa shape index (κ3) is 7.04. The SMILES string of the molecule is C=CCNC(CNC(=O)C(=C)C)(NCC=C)NCC=C. The summed E-state index contributed by atoms with van der Waals surface area (Å²) in [6, 6.07) is 0. The second kappa shape index (κ2) is 10.1. The van der Waals surface area contributed by atoms with Crippen LogP contribution in [0.3, 0.4) is 0 Å². The summed E-state index contributed by atoms with van der Waals surface area (Å²) in [5.41, 5.74) is 0.468. The minimum Gasteiger partial charge on any atom is -0.348 e. The molecule has 0 radical (unpaired) electrons. The number of amides is 1. The smallest absolute Gasteiger partial charge is 0.246 e. The van der Waals surface area contributed by atoms with Gasteiger partial charge in [0.25, 0.3) is 0 Å². The Morgan fingerprint density at radius 2 is 1.40 bits per heavy atom. The first-order valence-electron chi connectivity index (χ1n) is 6.52. The number of nitrogens with one attached hydrogen (secondary N) is 4. The van der Waals surface area contributed by atoms with Gasteiger partial charge in [-0.1, -0.05) is 24.8 Å². The van der Waals surface area contributed by atoms with Crippen LogP contribution in [0.15, 0.2) is 50.1 Å². The van der Waals surface area contributed by atoms with Crippen molar-refractivity contribution in [3.8, 4) is 0 Å². The Hall–Kier alpha value is -1.69. The summed E-state index contributed by atoms with van der Waals surface area (Å²) < 4.78 is 0. The Kier molecular flexibility index (Phi) is 9.28. The first-order valence-corrected chi connectivity index (χ1v) is 6.52. The highest BCUT2D eigenvalue weighted by atomic mass is 16.1. The Labute approximate surface area is 121 Å². The number of carbonyl (C=O) groups is 1. The highest BCUT2D eigenvalue weighted by Gasteiger charge is 2.27. The molecule has 0 saturated heterocycles. The predicted octanol–water partition coefficient (Wildman–Crippen LogP) is 0.659. The minimum absolute atomic E-state index is 0.185. The highest BCUT2D eigenvalue weighted by molar-refractivity contribution is 5.92. The standard InChI is InChI=1S/C15H26N4O/c1-6-9-17-15(18-10-7-2,19-11-8-3)12-16-14(20)13(4)5/h6-8,17-19H,1-4,9-12H2,5H3,(H,16,20). The molecule has 0 rings (SSSR count). The van der Waals surface area contributed by atoms with Crippen LogP contribution in [0.25, 0.3) is 0 Å². The molecule has 4 N–H and O–H groups in total. The fourth-order valence-corrected chi connectivity index (χ4v) is 1.48. The van der Waals surface area contributed by atoms with Gasteiger partial charge in [0.15, 0.2) is 0 Å². The van der Waals surface area contributed by atoms with Crippen LogP contribution < -0.4 is 21.3 Å². The van der Waals surface area contributed by atoms with Crippen LogP contribution in [0.1, 0.15) is 6.92 Å². The van der Waals surface area contributed by atoms with Gasteiger partial charge < -0.3 is 5.32 Å². The number of hydrogen-bond acceptors (Lipinski definition) is 4. The van der Waals surface area contributed by atoms with Crippen molar-refractivity contribution in [2.24, 2.45) is 0 Å². The van der Waals surface area contributed by atoms with E-state index in [1.165, 1.54) is 0 Å². The Balaban J connectivity index is 4.86. The van der Waals surface area contributed by atoms with E-state index in [2.05, 4.69) is 47.6 Å². The number of carbonyl (C=O) groups excluding carboxylic acids is 1. The fraction of sp³-hybridized carbons (Fsp3) is 0.400. The maximum absolute atomic E-state index is 11.7. The Morgan fingerprint density at radius 3 is 1.70 bits per heavy atom. The topological polar surface area (TPSA) is 65.2 Å². The monoisotopic (exact) mass is 278 g/mol. The molecule has 0 aromatic rings. The van der Waals surface area contributed by atoms with Gasteiger partial charge in [-0.3, -0.25) is 20.7 Å². The van der Waals surface area contributed by atoms with Crippen molar-refractivity contribution in [3.05, 3.63) is 50.1 Å². The maximum Gasteiger partial charge on any atom is 0.246 e. The molecule has 0 bridgehead atoms. The van der Waals surface area contributed by atoms with Gasteiger partial charge in [-0.15, -0.1) is 19.7 Å². The summed E-state index contributed by atoms with van der Waals surface area (Å²) in [6.07, 6.45) is 5.25. The third-order valence-corrected chi connectivity index (χ3v) is 2.55. The molecule has 1 amide bonds. The lowest BCUT2D eigenvalue weighted by molar-refractivity contribution is -0.117. The van der Waals surface area contributed by atoms with Crippen LogP contribution in [0, 0.1) is 0 Å². The highest BCUT2D eigenvalue weighted by Crippen LogP contribution is 1.96. The Morgan fingerprint density at radius 1 is 1.00 bits per heavy atom. The number of rotatable bonds is 12. The molecule has 20 heavy (non-hydrogen) atoms. The lowest BCUT2D eigenvalue weighted by Gasteiger charge is -2.36. The van der Waals surface area contributed by atoms with E-state index in [-0.39, 0.29) is 5.91 Å². The largest absolute Gasteiger partial charge is 0.348 e. The molecular weight excluding hydrogens is 252 g/mol. The van der Waals surface area contributed by atoms with Gasteiger partial charge in [0, 0.05) is 25.2 Å². The maximum atomic E-state index is 11.7. The van der Waals surface area contributed by atoms with Crippen molar-refractivity contribution < 1.29 is 4.79 Å². The summed E-state index contributed by atoms with van der Waals surface area (Å²) in [5, 5.41) is 12.6. The van der Waals surface area contributed by atoms with E-state index in [1.54, 1.807) is 25.2 Å². The summed E-state index contributed by atoms with van der Waals surface area (Å²) in [4.78, 5) is 11.7. The van der Waals surface area contributed by atoms with Crippen LogP contribution in [-0.2, 0) is 4.79 Å². The molecule has 0 aromatic carbocycles. The van der Waals surface area contributed by atoms with Crippen molar-refractivity contribution in [1.29, 1.82) is 0 Å². The molecule has 0 aliphatic carbocycles. The molecule has 0 aromatic heterocycles. The zero-order valence-electron chi connectivity index (χ0n) is 12.3. The first-order chi connectivity index (χ1) is 9.51. The third-order valence-electron chi connectivity index (χ3n) is 2.55. The first kappa shape index (κ1) is 18.3. The second-order valence-electron chi connectivity index (χ2n) is 4.38. The molecule has 0 heterocycles. The molecule has 0 aliphatic heterocycles. The van der Waals surface area contributed by atoms with E-state index in [9.17, 15) is 4.79 Å². The van der Waals surface area contributed by atoms with Gasteiger partial charge in [0.2, 0.25) is 5.91 Å². The molecule has 0 fully saturated rings. The van der Waals surface area contributed by atoms with Crippen LogP contribution in [0.5, 0.6) is 0 Å². The molecule has 5 heteroatoms. The van der Waals surface area contributed by atoms with E-state index < -0.39 is 5.79 Å². The average Bonchev–Trinajstić information content (AvgIpc) is 2.45. The van der Waals surface area contributed by atoms with Gasteiger partial charge in [-0.2, -0.15) is 0 Å². The second-order valence-corrected chi connectivity index (χ2v) is 4.38. The van der Waals surface area contributed by atoms with Gasteiger partial charge in [-0.05, 0) is 6.92 Å². The summed E-state index contributed by atoms with van der Waals surface area (Å²) in [5.74, 6) is -0.850. The molecule has 0 spiro atoms.